The number of fused-ring (bicyclic) bond motifs is 2. The fraction of sp³-hybridized carbons (Fsp3) is 0.333. The summed E-state index contributed by atoms with van der Waals surface area (Å²) in [6.45, 7) is 2.12. The molecule has 2 aliphatic rings. The molecule has 0 radical (unpaired) electrons. The fourth-order valence-electron chi connectivity index (χ4n) is 3.83. The second-order valence-electron chi connectivity index (χ2n) is 7.40. The molecule has 4 rings (SSSR count). The lowest BCUT2D eigenvalue weighted by atomic mass is 10.1. The van der Waals surface area contributed by atoms with E-state index in [-0.39, 0.29) is 34.6 Å². The van der Waals surface area contributed by atoms with Crippen LogP contribution in [0.5, 0.6) is 0 Å². The number of pyridine rings is 1. The lowest BCUT2D eigenvalue weighted by Gasteiger charge is -2.40. The molecule has 2 amide bonds. The second kappa shape index (κ2) is 8.50. The van der Waals surface area contributed by atoms with E-state index in [1.807, 2.05) is 0 Å². The van der Waals surface area contributed by atoms with Gasteiger partial charge in [0.15, 0.2) is 18.1 Å². The third-order valence-corrected chi connectivity index (χ3v) is 5.43. The number of amides is 2. The van der Waals surface area contributed by atoms with Gasteiger partial charge in [0.1, 0.15) is 17.2 Å². The molecule has 1 unspecified atom stereocenters. The number of benzene rings is 1. The highest BCUT2D eigenvalue weighted by Gasteiger charge is 2.40. The van der Waals surface area contributed by atoms with Crippen LogP contribution >= 0.6 is 0 Å². The molecule has 32 heavy (non-hydrogen) atoms. The van der Waals surface area contributed by atoms with Crippen molar-refractivity contribution in [2.24, 2.45) is 0 Å². The Morgan fingerprint density at radius 3 is 2.88 bits per heavy atom. The quantitative estimate of drug-likeness (QED) is 0.332. The van der Waals surface area contributed by atoms with Crippen molar-refractivity contribution in [1.29, 1.82) is 0 Å². The summed E-state index contributed by atoms with van der Waals surface area (Å²) >= 11 is 0. The monoisotopic (exact) mass is 446 g/mol. The van der Waals surface area contributed by atoms with Gasteiger partial charge in [-0.05, 0) is 12.5 Å². The number of carbonyl (C=O) groups excluding carboxylic acids is 2. The van der Waals surface area contributed by atoms with Crippen LogP contribution in [0.3, 0.4) is 0 Å². The van der Waals surface area contributed by atoms with E-state index in [9.17, 15) is 28.4 Å². The topological polar surface area (TPSA) is 107 Å². The van der Waals surface area contributed by atoms with Crippen LogP contribution in [0.15, 0.2) is 29.2 Å². The molecule has 1 fully saturated rings. The third kappa shape index (κ3) is 3.75. The van der Waals surface area contributed by atoms with Crippen LogP contribution in [0.1, 0.15) is 39.8 Å². The first-order valence-corrected chi connectivity index (χ1v) is 9.99. The van der Waals surface area contributed by atoms with Gasteiger partial charge in [0.25, 0.3) is 22.9 Å². The molecule has 9 nitrogen and oxygen atoms in total. The van der Waals surface area contributed by atoms with Crippen molar-refractivity contribution in [1.82, 2.24) is 14.8 Å². The summed E-state index contributed by atoms with van der Waals surface area (Å²) in [5.41, 5.74) is -1.88. The number of hydrogen-bond donors (Lipinski definition) is 1. The Morgan fingerprint density at radius 2 is 2.16 bits per heavy atom. The molecule has 2 aromatic rings. The second-order valence-corrected chi connectivity index (χ2v) is 7.40. The predicted octanol–water partition coefficient (Wildman–Crippen LogP) is 1.49. The Labute approximate surface area is 181 Å². The summed E-state index contributed by atoms with van der Waals surface area (Å²) in [6, 6.07) is 2.90. The average molecular weight is 446 g/mol. The minimum absolute atomic E-state index is 0.0202. The van der Waals surface area contributed by atoms with Crippen LogP contribution in [0.2, 0.25) is 0 Å². The first kappa shape index (κ1) is 21.6. The highest BCUT2D eigenvalue weighted by Crippen LogP contribution is 2.27. The van der Waals surface area contributed by atoms with Crippen LogP contribution in [0, 0.1) is 16.8 Å². The molecule has 1 aromatic carbocycles. The van der Waals surface area contributed by atoms with Gasteiger partial charge in [0.2, 0.25) is 0 Å². The molecular weight excluding hydrogens is 426 g/mol. The summed E-state index contributed by atoms with van der Waals surface area (Å²) in [5, 5.41) is 14.9. The number of ether oxygens (including phenoxy) is 1. The van der Waals surface area contributed by atoms with Crippen LogP contribution < -0.4 is 10.7 Å². The molecule has 3 heterocycles. The van der Waals surface area contributed by atoms with Crippen molar-refractivity contribution < 1.29 is 27.8 Å². The van der Waals surface area contributed by atoms with Gasteiger partial charge in [-0.15, -0.1) is 0 Å². The minimum atomic E-state index is -0.925. The molecule has 1 aromatic heterocycles. The minimum Gasteiger partial charge on any atom is -0.618 e. The molecule has 1 saturated heterocycles. The van der Waals surface area contributed by atoms with Crippen LogP contribution in [0.25, 0.3) is 0 Å². The summed E-state index contributed by atoms with van der Waals surface area (Å²) < 4.78 is 34.2. The standard InChI is InChI=1S/C21H20F2N4O5/c1-2-27(31)17-18-21(30)26-6-3-7-32-16(26)11-25(18)10-14(19(17)28)20(29)24-9-12-4-5-13(22)8-15(12)23/h2,4-5,8,10,16H,3,6-7,9,11H2,1H3,(H,24,29)/b27-2+. The van der Waals surface area contributed by atoms with Crippen LogP contribution in [-0.2, 0) is 17.8 Å². The van der Waals surface area contributed by atoms with E-state index in [4.69, 9.17) is 4.74 Å². The Hall–Kier alpha value is -3.60. The number of carbonyl (C=O) groups is 2. The molecule has 0 aliphatic carbocycles. The van der Waals surface area contributed by atoms with Crippen molar-refractivity contribution in [2.45, 2.75) is 32.7 Å². The van der Waals surface area contributed by atoms with Crippen molar-refractivity contribution >= 4 is 23.7 Å². The molecule has 11 heteroatoms. The van der Waals surface area contributed by atoms with Gasteiger partial charge in [-0.2, -0.15) is 4.74 Å². The average Bonchev–Trinajstić information content (AvgIpc) is 2.78. The van der Waals surface area contributed by atoms with E-state index >= 15 is 0 Å². The smallest absolute Gasteiger partial charge is 0.294 e. The summed E-state index contributed by atoms with van der Waals surface area (Å²) in [5.74, 6) is -3.00. The molecule has 0 bridgehead atoms. The van der Waals surface area contributed by atoms with E-state index < -0.39 is 40.8 Å². The summed E-state index contributed by atoms with van der Waals surface area (Å²) in [6.07, 6.45) is 2.32. The summed E-state index contributed by atoms with van der Waals surface area (Å²) in [7, 11) is 0. The van der Waals surface area contributed by atoms with Gasteiger partial charge in [0.05, 0.1) is 13.2 Å². The lowest BCUT2D eigenvalue weighted by Crippen LogP contribution is -2.53. The maximum Gasteiger partial charge on any atom is 0.294 e. The molecule has 0 saturated carbocycles. The predicted molar refractivity (Wildman–Crippen MR) is 109 cm³/mol. The van der Waals surface area contributed by atoms with Gasteiger partial charge < -0.3 is 24.7 Å². The van der Waals surface area contributed by atoms with E-state index in [1.165, 1.54) is 28.7 Å². The first-order chi connectivity index (χ1) is 15.3. The highest BCUT2D eigenvalue weighted by molar-refractivity contribution is 6.00. The van der Waals surface area contributed by atoms with Crippen molar-refractivity contribution in [3.05, 3.63) is 68.3 Å². The molecule has 0 spiro atoms. The summed E-state index contributed by atoms with van der Waals surface area (Å²) in [4.78, 5) is 40.3. The maximum atomic E-state index is 13.9. The number of hydrogen-bond acceptors (Lipinski definition) is 5. The Kier molecular flexibility index (Phi) is 5.74. The molecule has 2 aliphatic heterocycles. The van der Waals surface area contributed by atoms with Gasteiger partial charge in [-0.1, -0.05) is 6.07 Å². The van der Waals surface area contributed by atoms with Crippen molar-refractivity contribution in [3.8, 4) is 0 Å². The van der Waals surface area contributed by atoms with Crippen LogP contribution in [0.4, 0.5) is 14.5 Å². The highest BCUT2D eigenvalue weighted by atomic mass is 19.1. The lowest BCUT2D eigenvalue weighted by molar-refractivity contribution is -0.357. The Morgan fingerprint density at radius 1 is 1.38 bits per heavy atom. The molecule has 1 N–H and O–H groups in total. The van der Waals surface area contributed by atoms with E-state index in [0.717, 1.165) is 12.3 Å². The zero-order valence-electron chi connectivity index (χ0n) is 17.1. The molecule has 168 valence electrons. The van der Waals surface area contributed by atoms with E-state index in [1.54, 1.807) is 0 Å². The first-order valence-electron chi connectivity index (χ1n) is 9.99. The number of halogens is 2. The van der Waals surface area contributed by atoms with Gasteiger partial charge in [-0.25, -0.2) is 8.78 Å². The van der Waals surface area contributed by atoms with E-state index in [2.05, 4.69) is 5.32 Å². The Balaban J connectivity index is 1.72. The number of aromatic nitrogens is 1. The normalized spacial score (nSPS) is 18.2. The molecule has 1 atom stereocenters. The van der Waals surface area contributed by atoms with Gasteiger partial charge >= 0.3 is 0 Å². The van der Waals surface area contributed by atoms with Crippen LogP contribution in [-0.4, -0.2) is 51.6 Å². The maximum absolute atomic E-state index is 13.9. The molecular formula is C21H20F2N4O5. The fourth-order valence-corrected chi connectivity index (χ4v) is 3.83. The largest absolute Gasteiger partial charge is 0.618 e. The Bertz CT molecular complexity index is 1190. The third-order valence-electron chi connectivity index (χ3n) is 5.43. The van der Waals surface area contributed by atoms with Gasteiger partial charge in [-0.3, -0.25) is 14.4 Å². The number of nitrogens with zero attached hydrogens (tertiary/aromatic N) is 3. The van der Waals surface area contributed by atoms with E-state index in [0.29, 0.717) is 25.6 Å². The van der Waals surface area contributed by atoms with Gasteiger partial charge in [0, 0.05) is 37.8 Å². The van der Waals surface area contributed by atoms with Crippen molar-refractivity contribution in [3.63, 3.8) is 0 Å². The van der Waals surface area contributed by atoms with Crippen molar-refractivity contribution in [2.75, 3.05) is 13.2 Å². The number of nitrogens with one attached hydrogen (secondary N) is 1. The zero-order valence-corrected chi connectivity index (χ0v) is 17.1. The zero-order chi connectivity index (χ0) is 23.0. The SMILES string of the molecule is C/C=[N+](/[O-])c1c2n(cc(C(=O)NCc3ccc(F)cc3F)c1=O)CC1OCCCN1C2=O. The number of rotatable bonds is 4.